The van der Waals surface area contributed by atoms with Crippen molar-refractivity contribution in [3.63, 3.8) is 0 Å². The highest BCUT2D eigenvalue weighted by atomic mass is 16.2. The fourth-order valence-electron chi connectivity index (χ4n) is 4.37. The molecule has 0 bridgehead atoms. The topological polar surface area (TPSA) is 35.6 Å². The van der Waals surface area contributed by atoms with Crippen LogP contribution in [-0.4, -0.2) is 55.0 Å². The molecular weight excluding hydrogens is 286 g/mol. The van der Waals surface area contributed by atoms with E-state index in [2.05, 4.69) is 46.3 Å². The zero-order valence-electron chi connectivity index (χ0n) is 14.0. The van der Waals surface area contributed by atoms with Crippen LogP contribution in [0.25, 0.3) is 0 Å². The molecule has 1 unspecified atom stereocenters. The normalized spacial score (nSPS) is 30.8. The van der Waals surface area contributed by atoms with Crippen LogP contribution in [0.4, 0.5) is 0 Å². The summed E-state index contributed by atoms with van der Waals surface area (Å²) < 4.78 is 0. The zero-order chi connectivity index (χ0) is 15.8. The summed E-state index contributed by atoms with van der Waals surface area (Å²) in [5.41, 5.74) is 2.78. The van der Waals surface area contributed by atoms with Crippen LogP contribution in [0.3, 0.4) is 0 Å². The molecular formula is C19H27N3O. The van der Waals surface area contributed by atoms with E-state index in [1.54, 1.807) is 0 Å². The molecule has 2 heterocycles. The minimum atomic E-state index is 0.333. The van der Waals surface area contributed by atoms with Gasteiger partial charge in [0, 0.05) is 38.6 Å². The van der Waals surface area contributed by atoms with E-state index in [1.165, 1.54) is 11.1 Å². The van der Waals surface area contributed by atoms with Gasteiger partial charge < -0.3 is 10.2 Å². The third-order valence-corrected chi connectivity index (χ3v) is 5.93. The van der Waals surface area contributed by atoms with Crippen LogP contribution in [-0.2, 0) is 11.3 Å². The van der Waals surface area contributed by atoms with Crippen LogP contribution in [0, 0.1) is 24.7 Å². The second-order valence-corrected chi connectivity index (χ2v) is 7.39. The Kier molecular flexibility index (Phi) is 4.12. The first-order valence-corrected chi connectivity index (χ1v) is 9.00. The van der Waals surface area contributed by atoms with Crippen molar-refractivity contribution in [2.24, 2.45) is 17.8 Å². The van der Waals surface area contributed by atoms with Crippen molar-refractivity contribution in [2.75, 3.05) is 39.3 Å². The van der Waals surface area contributed by atoms with E-state index in [0.717, 1.165) is 52.2 Å². The summed E-state index contributed by atoms with van der Waals surface area (Å²) in [5.74, 6) is 2.03. The van der Waals surface area contributed by atoms with Gasteiger partial charge in [-0.05, 0) is 49.4 Å². The first kappa shape index (κ1) is 15.2. The smallest absolute Gasteiger partial charge is 0.226 e. The largest absolute Gasteiger partial charge is 0.341 e. The molecule has 0 aromatic heterocycles. The highest BCUT2D eigenvalue weighted by Crippen LogP contribution is 2.49. The Hall–Kier alpha value is -1.39. The number of carbonyl (C=O) groups excluding carboxylic acids is 1. The third kappa shape index (κ3) is 3.02. The molecule has 1 amide bonds. The second kappa shape index (κ2) is 6.25. The number of nitrogens with one attached hydrogen (secondary N) is 1. The molecule has 3 aliphatic rings. The van der Waals surface area contributed by atoms with E-state index in [9.17, 15) is 4.79 Å². The van der Waals surface area contributed by atoms with Gasteiger partial charge in [0.2, 0.25) is 5.91 Å². The fraction of sp³-hybridized carbons (Fsp3) is 0.632. The maximum Gasteiger partial charge on any atom is 0.226 e. The Morgan fingerprint density at radius 1 is 1.13 bits per heavy atom. The minimum absolute atomic E-state index is 0.333. The van der Waals surface area contributed by atoms with Crippen molar-refractivity contribution in [1.29, 1.82) is 0 Å². The summed E-state index contributed by atoms with van der Waals surface area (Å²) in [7, 11) is 0. The van der Waals surface area contributed by atoms with E-state index in [-0.39, 0.29) is 0 Å². The van der Waals surface area contributed by atoms with E-state index in [0.29, 0.717) is 23.7 Å². The van der Waals surface area contributed by atoms with Crippen molar-refractivity contribution in [1.82, 2.24) is 15.1 Å². The second-order valence-electron chi connectivity index (χ2n) is 7.39. The monoisotopic (exact) mass is 313 g/mol. The molecule has 2 saturated heterocycles. The molecule has 4 rings (SSSR count). The van der Waals surface area contributed by atoms with Crippen LogP contribution >= 0.6 is 0 Å². The SMILES string of the molecule is Cc1ccccc1CN1CCCN(C(=O)C2[C@H]3CNC[C@@H]23)CC1. The molecule has 23 heavy (non-hydrogen) atoms. The molecule has 1 saturated carbocycles. The van der Waals surface area contributed by atoms with Gasteiger partial charge in [-0.1, -0.05) is 24.3 Å². The molecule has 1 N–H and O–H groups in total. The number of aryl methyl sites for hydroxylation is 1. The first-order chi connectivity index (χ1) is 11.2. The van der Waals surface area contributed by atoms with Gasteiger partial charge in [-0.3, -0.25) is 9.69 Å². The average molecular weight is 313 g/mol. The van der Waals surface area contributed by atoms with Gasteiger partial charge >= 0.3 is 0 Å². The Morgan fingerprint density at radius 2 is 1.91 bits per heavy atom. The number of rotatable bonds is 3. The maximum atomic E-state index is 12.7. The standard InChI is InChI=1S/C19H27N3O/c1-14-5-2-3-6-15(14)13-21-7-4-8-22(10-9-21)19(23)18-16-11-20-12-17(16)18/h2-3,5-6,16-18,20H,4,7-13H2,1H3/t16-,17+,18?. The predicted octanol–water partition coefficient (Wildman–Crippen LogP) is 1.49. The molecule has 1 aliphatic carbocycles. The summed E-state index contributed by atoms with van der Waals surface area (Å²) in [5, 5.41) is 3.38. The van der Waals surface area contributed by atoms with Crippen LogP contribution < -0.4 is 5.32 Å². The molecule has 3 fully saturated rings. The van der Waals surface area contributed by atoms with Crippen LogP contribution in [0.1, 0.15) is 17.5 Å². The number of benzene rings is 1. The Balaban J connectivity index is 1.33. The molecule has 2 aliphatic heterocycles. The van der Waals surface area contributed by atoms with E-state index in [1.807, 2.05) is 0 Å². The predicted molar refractivity (Wildman–Crippen MR) is 91.0 cm³/mol. The van der Waals surface area contributed by atoms with Gasteiger partial charge in [0.05, 0.1) is 0 Å². The van der Waals surface area contributed by atoms with Gasteiger partial charge in [0.15, 0.2) is 0 Å². The summed E-state index contributed by atoms with van der Waals surface area (Å²) in [6.07, 6.45) is 1.10. The molecule has 3 atom stereocenters. The van der Waals surface area contributed by atoms with Crippen molar-refractivity contribution >= 4 is 5.91 Å². The van der Waals surface area contributed by atoms with Crippen LogP contribution in [0.15, 0.2) is 24.3 Å². The Bertz CT molecular complexity index is 578. The van der Waals surface area contributed by atoms with Gasteiger partial charge in [-0.2, -0.15) is 0 Å². The summed E-state index contributed by atoms with van der Waals surface area (Å²) in [6.45, 7) is 9.22. The van der Waals surface area contributed by atoms with Gasteiger partial charge in [0.25, 0.3) is 0 Å². The number of fused-ring (bicyclic) bond motifs is 1. The summed E-state index contributed by atoms with van der Waals surface area (Å²) >= 11 is 0. The highest BCUT2D eigenvalue weighted by Gasteiger charge is 2.57. The lowest BCUT2D eigenvalue weighted by molar-refractivity contribution is -0.133. The third-order valence-electron chi connectivity index (χ3n) is 5.93. The average Bonchev–Trinajstić information content (AvgIpc) is 3.14. The number of carbonyl (C=O) groups is 1. The van der Waals surface area contributed by atoms with Gasteiger partial charge in [-0.15, -0.1) is 0 Å². The maximum absolute atomic E-state index is 12.7. The van der Waals surface area contributed by atoms with Crippen LogP contribution in [0.2, 0.25) is 0 Å². The van der Waals surface area contributed by atoms with Gasteiger partial charge in [0.1, 0.15) is 0 Å². The van der Waals surface area contributed by atoms with Crippen molar-refractivity contribution < 1.29 is 4.79 Å². The van der Waals surface area contributed by atoms with Gasteiger partial charge in [-0.25, -0.2) is 0 Å². The molecule has 0 spiro atoms. The molecule has 1 aromatic carbocycles. The van der Waals surface area contributed by atoms with E-state index in [4.69, 9.17) is 0 Å². The van der Waals surface area contributed by atoms with Crippen molar-refractivity contribution in [3.05, 3.63) is 35.4 Å². The molecule has 0 radical (unpaired) electrons. The van der Waals surface area contributed by atoms with E-state index >= 15 is 0 Å². The number of hydrogen-bond acceptors (Lipinski definition) is 3. The van der Waals surface area contributed by atoms with E-state index < -0.39 is 0 Å². The summed E-state index contributed by atoms with van der Waals surface area (Å²) in [6, 6.07) is 8.63. The number of amides is 1. The van der Waals surface area contributed by atoms with Crippen LogP contribution in [0.5, 0.6) is 0 Å². The first-order valence-electron chi connectivity index (χ1n) is 9.00. The minimum Gasteiger partial charge on any atom is -0.341 e. The molecule has 124 valence electrons. The van der Waals surface area contributed by atoms with Crippen molar-refractivity contribution in [2.45, 2.75) is 19.9 Å². The molecule has 1 aromatic rings. The Labute approximate surface area is 138 Å². The quantitative estimate of drug-likeness (QED) is 0.918. The lowest BCUT2D eigenvalue weighted by Gasteiger charge is -2.23. The lowest BCUT2D eigenvalue weighted by Crippen LogP contribution is -2.37. The van der Waals surface area contributed by atoms with Crippen molar-refractivity contribution in [3.8, 4) is 0 Å². The lowest BCUT2D eigenvalue weighted by atomic mass is 10.1. The number of piperidine rings is 1. The zero-order valence-corrected chi connectivity index (χ0v) is 14.0. The molecule has 4 heteroatoms. The Morgan fingerprint density at radius 3 is 2.70 bits per heavy atom. The molecule has 4 nitrogen and oxygen atoms in total. The number of hydrogen-bond donors (Lipinski definition) is 1. The fourth-order valence-corrected chi connectivity index (χ4v) is 4.37. The number of nitrogens with zero attached hydrogens (tertiary/aromatic N) is 2. The summed E-state index contributed by atoms with van der Waals surface area (Å²) in [4.78, 5) is 17.4. The highest BCUT2D eigenvalue weighted by molar-refractivity contribution is 5.82.